The first-order valence-electron chi connectivity index (χ1n) is 8.97. The number of hydrogen-bond donors (Lipinski definition) is 2. The van der Waals surface area contributed by atoms with Crippen molar-refractivity contribution < 1.29 is 19.1 Å². The third-order valence-corrected chi connectivity index (χ3v) is 4.66. The van der Waals surface area contributed by atoms with Gasteiger partial charge in [0.05, 0.1) is 24.9 Å². The average molecular weight is 381 g/mol. The van der Waals surface area contributed by atoms with E-state index in [2.05, 4.69) is 10.6 Å². The molecule has 146 valence electrons. The van der Waals surface area contributed by atoms with Gasteiger partial charge in [-0.25, -0.2) is 4.90 Å². The summed E-state index contributed by atoms with van der Waals surface area (Å²) in [4.78, 5) is 38.2. The molecule has 7 heteroatoms. The van der Waals surface area contributed by atoms with Gasteiger partial charge in [-0.1, -0.05) is 18.2 Å². The number of para-hydroxylation sites is 1. The molecule has 1 saturated heterocycles. The van der Waals surface area contributed by atoms with Crippen molar-refractivity contribution in [2.75, 3.05) is 22.6 Å². The van der Waals surface area contributed by atoms with Gasteiger partial charge in [-0.15, -0.1) is 0 Å². The lowest BCUT2D eigenvalue weighted by molar-refractivity contribution is -0.121. The van der Waals surface area contributed by atoms with Crippen LogP contribution in [0.4, 0.5) is 17.1 Å². The first-order chi connectivity index (χ1) is 13.3. The number of imide groups is 1. The zero-order valence-electron chi connectivity index (χ0n) is 16.3. The molecule has 1 aliphatic rings. The maximum Gasteiger partial charge on any atom is 0.256 e. The quantitative estimate of drug-likeness (QED) is 0.778. The van der Waals surface area contributed by atoms with E-state index in [1.165, 1.54) is 18.9 Å². The van der Waals surface area contributed by atoms with Crippen LogP contribution in [0, 0.1) is 13.8 Å². The second kappa shape index (κ2) is 7.72. The Balaban J connectivity index is 1.89. The molecule has 1 unspecified atom stereocenters. The fraction of sp³-hybridized carbons (Fsp3) is 0.286. The predicted molar refractivity (Wildman–Crippen MR) is 108 cm³/mol. The molecule has 2 aromatic rings. The van der Waals surface area contributed by atoms with E-state index in [1.807, 2.05) is 32.0 Å². The molecule has 0 radical (unpaired) electrons. The smallest absolute Gasteiger partial charge is 0.256 e. The van der Waals surface area contributed by atoms with Crippen molar-refractivity contribution in [3.63, 3.8) is 0 Å². The number of methoxy groups -OCH3 is 1. The van der Waals surface area contributed by atoms with Crippen molar-refractivity contribution >= 4 is 34.8 Å². The van der Waals surface area contributed by atoms with Gasteiger partial charge in [-0.05, 0) is 43.2 Å². The second-order valence-electron chi connectivity index (χ2n) is 6.81. The Morgan fingerprint density at radius 3 is 2.43 bits per heavy atom. The van der Waals surface area contributed by atoms with Crippen LogP contribution >= 0.6 is 0 Å². The van der Waals surface area contributed by atoms with Crippen molar-refractivity contribution in [3.05, 3.63) is 47.5 Å². The monoisotopic (exact) mass is 381 g/mol. The number of benzene rings is 2. The lowest BCUT2D eigenvalue weighted by Gasteiger charge is -2.21. The summed E-state index contributed by atoms with van der Waals surface area (Å²) in [6, 6.07) is 10.0. The Kier molecular flexibility index (Phi) is 5.35. The van der Waals surface area contributed by atoms with Gasteiger partial charge in [0.2, 0.25) is 11.8 Å². The molecule has 1 heterocycles. The molecule has 1 atom stereocenters. The molecule has 0 saturated carbocycles. The second-order valence-corrected chi connectivity index (χ2v) is 6.81. The molecular weight excluding hydrogens is 358 g/mol. The van der Waals surface area contributed by atoms with E-state index in [-0.39, 0.29) is 24.1 Å². The highest BCUT2D eigenvalue weighted by atomic mass is 16.5. The maximum atomic E-state index is 13.0. The first-order valence-corrected chi connectivity index (χ1v) is 8.97. The van der Waals surface area contributed by atoms with Crippen LogP contribution < -0.4 is 20.3 Å². The number of hydrogen-bond acceptors (Lipinski definition) is 5. The lowest BCUT2D eigenvalue weighted by Crippen LogP contribution is -2.35. The molecular formula is C21H23N3O4. The fourth-order valence-corrected chi connectivity index (χ4v) is 3.43. The molecule has 1 aliphatic heterocycles. The Morgan fingerprint density at radius 2 is 1.82 bits per heavy atom. The normalized spacial score (nSPS) is 16.3. The van der Waals surface area contributed by atoms with E-state index in [4.69, 9.17) is 4.74 Å². The minimum Gasteiger partial charge on any atom is -0.495 e. The largest absolute Gasteiger partial charge is 0.495 e. The van der Waals surface area contributed by atoms with Gasteiger partial charge in [-0.2, -0.15) is 0 Å². The number of nitrogens with zero attached hydrogens (tertiary/aromatic N) is 1. The van der Waals surface area contributed by atoms with Crippen LogP contribution in [-0.4, -0.2) is 30.9 Å². The molecule has 7 nitrogen and oxygen atoms in total. The molecule has 1 fully saturated rings. The number of nitrogens with one attached hydrogen (secondary N) is 2. The Morgan fingerprint density at radius 1 is 1.14 bits per heavy atom. The van der Waals surface area contributed by atoms with Crippen LogP contribution in [0.15, 0.2) is 36.4 Å². The SMILES string of the molecule is COc1ccc(NC(C)=O)cc1NC1CC(=O)N(c2c(C)cccc2C)C1=O. The van der Waals surface area contributed by atoms with Crippen LogP contribution in [0.3, 0.4) is 0 Å². The maximum absolute atomic E-state index is 13.0. The van der Waals surface area contributed by atoms with Crippen molar-refractivity contribution in [2.45, 2.75) is 33.2 Å². The molecule has 0 aliphatic carbocycles. The summed E-state index contributed by atoms with van der Waals surface area (Å²) in [5.41, 5.74) is 3.48. The minimum atomic E-state index is -0.715. The topological polar surface area (TPSA) is 87.7 Å². The van der Waals surface area contributed by atoms with Crippen molar-refractivity contribution in [3.8, 4) is 5.75 Å². The molecule has 3 rings (SSSR count). The van der Waals surface area contributed by atoms with Gasteiger partial charge in [0.1, 0.15) is 11.8 Å². The average Bonchev–Trinajstić information content (AvgIpc) is 2.89. The lowest BCUT2D eigenvalue weighted by atomic mass is 10.1. The summed E-state index contributed by atoms with van der Waals surface area (Å²) >= 11 is 0. The number of rotatable bonds is 5. The number of carbonyl (C=O) groups excluding carboxylic acids is 3. The van der Waals surface area contributed by atoms with Crippen molar-refractivity contribution in [1.82, 2.24) is 0 Å². The van der Waals surface area contributed by atoms with Gasteiger partial charge in [0.25, 0.3) is 5.91 Å². The van der Waals surface area contributed by atoms with Gasteiger partial charge in [0.15, 0.2) is 0 Å². The van der Waals surface area contributed by atoms with E-state index in [0.717, 1.165) is 11.1 Å². The molecule has 0 aromatic heterocycles. The molecule has 2 N–H and O–H groups in total. The number of anilines is 3. The van der Waals surface area contributed by atoms with E-state index in [9.17, 15) is 14.4 Å². The summed E-state index contributed by atoms with van der Waals surface area (Å²) < 4.78 is 5.34. The highest BCUT2D eigenvalue weighted by Crippen LogP contribution is 2.33. The Labute approximate surface area is 163 Å². The van der Waals surface area contributed by atoms with E-state index >= 15 is 0 Å². The summed E-state index contributed by atoms with van der Waals surface area (Å²) in [5, 5.41) is 5.80. The minimum absolute atomic E-state index is 0.0418. The van der Waals surface area contributed by atoms with Gasteiger partial charge in [-0.3, -0.25) is 14.4 Å². The molecule has 0 spiro atoms. The van der Waals surface area contributed by atoms with Gasteiger partial charge >= 0.3 is 0 Å². The zero-order chi connectivity index (χ0) is 20.4. The predicted octanol–water partition coefficient (Wildman–Crippen LogP) is 3.01. The van der Waals surface area contributed by atoms with Gasteiger partial charge in [0, 0.05) is 12.6 Å². The molecule has 28 heavy (non-hydrogen) atoms. The summed E-state index contributed by atoms with van der Waals surface area (Å²) in [7, 11) is 1.52. The van der Waals surface area contributed by atoms with Crippen LogP contribution in [0.1, 0.15) is 24.5 Å². The van der Waals surface area contributed by atoms with E-state index in [0.29, 0.717) is 22.8 Å². The summed E-state index contributed by atoms with van der Waals surface area (Å²) in [6.07, 6.45) is 0.0418. The van der Waals surface area contributed by atoms with Crippen LogP contribution in [0.2, 0.25) is 0 Å². The van der Waals surface area contributed by atoms with E-state index < -0.39 is 6.04 Å². The summed E-state index contributed by atoms with van der Waals surface area (Å²) in [6.45, 7) is 5.17. The van der Waals surface area contributed by atoms with Crippen molar-refractivity contribution in [1.29, 1.82) is 0 Å². The number of carbonyl (C=O) groups is 3. The number of ether oxygens (including phenoxy) is 1. The van der Waals surface area contributed by atoms with Crippen LogP contribution in [0.25, 0.3) is 0 Å². The first kappa shape index (κ1) is 19.4. The summed E-state index contributed by atoms with van der Waals surface area (Å²) in [5.74, 6) is -0.254. The number of amides is 3. The van der Waals surface area contributed by atoms with E-state index in [1.54, 1.807) is 18.2 Å². The Hall–Kier alpha value is -3.35. The highest BCUT2D eigenvalue weighted by molar-refractivity contribution is 6.23. The third-order valence-electron chi connectivity index (χ3n) is 4.66. The van der Waals surface area contributed by atoms with Crippen LogP contribution in [-0.2, 0) is 14.4 Å². The zero-order valence-corrected chi connectivity index (χ0v) is 16.3. The molecule has 3 amide bonds. The van der Waals surface area contributed by atoms with Crippen molar-refractivity contribution in [2.24, 2.45) is 0 Å². The number of aryl methyl sites for hydroxylation is 2. The van der Waals surface area contributed by atoms with Gasteiger partial charge < -0.3 is 15.4 Å². The highest BCUT2D eigenvalue weighted by Gasteiger charge is 2.41. The fourth-order valence-electron chi connectivity index (χ4n) is 3.43. The molecule has 2 aromatic carbocycles. The standard InChI is InChI=1S/C21H23N3O4/c1-12-6-5-7-13(2)20(12)24-19(26)11-17(21(24)27)23-16-10-15(22-14(3)25)8-9-18(16)28-4/h5-10,17,23H,11H2,1-4H3,(H,22,25). The third kappa shape index (κ3) is 3.69. The van der Waals surface area contributed by atoms with Crippen LogP contribution in [0.5, 0.6) is 5.75 Å². The molecule has 0 bridgehead atoms. The Bertz CT molecular complexity index is 934.